The number of allylic oxidation sites excluding steroid dienone is 1. The Hall–Kier alpha value is -0.300. The van der Waals surface area contributed by atoms with Crippen LogP contribution in [0.2, 0.25) is 0 Å². The van der Waals surface area contributed by atoms with Gasteiger partial charge < -0.3 is 5.11 Å². The molecular formula is C10H18O. The topological polar surface area (TPSA) is 20.2 Å². The normalized spacial score (nSPS) is 32.1. The number of hydrogen-bond acceptors (Lipinski definition) is 1. The van der Waals surface area contributed by atoms with Crippen LogP contribution >= 0.6 is 0 Å². The van der Waals surface area contributed by atoms with Crippen LogP contribution in [0.25, 0.3) is 0 Å². The van der Waals surface area contributed by atoms with E-state index in [4.69, 9.17) is 5.11 Å². The van der Waals surface area contributed by atoms with Gasteiger partial charge in [0.2, 0.25) is 0 Å². The van der Waals surface area contributed by atoms with Crippen LogP contribution in [0.15, 0.2) is 11.6 Å². The number of aliphatic hydroxyl groups is 1. The van der Waals surface area contributed by atoms with Crippen LogP contribution < -0.4 is 0 Å². The van der Waals surface area contributed by atoms with Gasteiger partial charge in [0, 0.05) is 0 Å². The van der Waals surface area contributed by atoms with Gasteiger partial charge >= 0.3 is 0 Å². The Morgan fingerprint density at radius 3 is 2.36 bits per heavy atom. The van der Waals surface area contributed by atoms with Gasteiger partial charge in [0.25, 0.3) is 0 Å². The summed E-state index contributed by atoms with van der Waals surface area (Å²) in [6.45, 7) is 4.80. The number of aliphatic hydroxyl groups excluding tert-OH is 1. The van der Waals surface area contributed by atoms with Crippen LogP contribution in [0.4, 0.5) is 0 Å². The van der Waals surface area contributed by atoms with Crippen molar-refractivity contribution in [3.63, 3.8) is 0 Å². The highest BCUT2D eigenvalue weighted by Gasteiger charge is 2.17. The Balaban J connectivity index is 2.49. The van der Waals surface area contributed by atoms with Gasteiger partial charge in [0.15, 0.2) is 0 Å². The third kappa shape index (κ3) is 2.66. The van der Waals surface area contributed by atoms with Crippen molar-refractivity contribution in [1.29, 1.82) is 0 Å². The molecule has 0 aromatic rings. The molecule has 0 saturated heterocycles. The second kappa shape index (κ2) is 3.91. The molecule has 1 nitrogen and oxygen atoms in total. The van der Waals surface area contributed by atoms with E-state index in [0.29, 0.717) is 0 Å². The minimum absolute atomic E-state index is 0.217. The Kier molecular flexibility index (Phi) is 3.13. The molecule has 2 atom stereocenters. The molecule has 0 amide bonds. The van der Waals surface area contributed by atoms with E-state index >= 15 is 0 Å². The van der Waals surface area contributed by atoms with Crippen molar-refractivity contribution in [1.82, 2.24) is 0 Å². The van der Waals surface area contributed by atoms with Crippen LogP contribution in [0, 0.1) is 11.8 Å². The van der Waals surface area contributed by atoms with Crippen LogP contribution in [0.3, 0.4) is 0 Å². The van der Waals surface area contributed by atoms with Gasteiger partial charge in [0.05, 0.1) is 6.61 Å². The van der Waals surface area contributed by atoms with Crippen LogP contribution in [0.1, 0.15) is 33.1 Å². The second-order valence-corrected chi connectivity index (χ2v) is 3.90. The van der Waals surface area contributed by atoms with E-state index in [9.17, 15) is 0 Å². The molecule has 0 spiro atoms. The van der Waals surface area contributed by atoms with E-state index in [1.54, 1.807) is 0 Å². The molecule has 1 aliphatic rings. The molecule has 1 saturated carbocycles. The first-order valence-electron chi connectivity index (χ1n) is 4.51. The van der Waals surface area contributed by atoms with Crippen LogP contribution in [0.5, 0.6) is 0 Å². The van der Waals surface area contributed by atoms with Crippen molar-refractivity contribution in [3.05, 3.63) is 11.6 Å². The molecule has 1 heteroatoms. The molecule has 0 aromatic carbocycles. The second-order valence-electron chi connectivity index (χ2n) is 3.90. The smallest absolute Gasteiger partial charge is 0.0615 e. The molecule has 0 heterocycles. The quantitative estimate of drug-likeness (QED) is 0.575. The summed E-state index contributed by atoms with van der Waals surface area (Å²) in [6.07, 6.45) is 5.73. The first-order chi connectivity index (χ1) is 5.22. The average Bonchev–Trinajstić information content (AvgIpc) is 1.85. The summed E-state index contributed by atoms with van der Waals surface area (Å²) in [7, 11) is 0. The molecule has 0 aliphatic heterocycles. The van der Waals surface area contributed by atoms with E-state index in [1.165, 1.54) is 24.8 Å². The summed E-state index contributed by atoms with van der Waals surface area (Å²) in [5.41, 5.74) is 1.46. The SMILES string of the molecule is C[C@@H]1CC(=CCO)C[C@@H](C)C1. The van der Waals surface area contributed by atoms with E-state index in [1.807, 2.05) is 6.08 Å². The lowest BCUT2D eigenvalue weighted by molar-refractivity contribution is 0.329. The Labute approximate surface area is 69.1 Å². The van der Waals surface area contributed by atoms with E-state index < -0.39 is 0 Å². The highest BCUT2D eigenvalue weighted by molar-refractivity contribution is 5.06. The van der Waals surface area contributed by atoms with Gasteiger partial charge in [-0.2, -0.15) is 0 Å². The summed E-state index contributed by atoms with van der Waals surface area (Å²) in [6, 6.07) is 0. The van der Waals surface area contributed by atoms with Crippen molar-refractivity contribution in [2.24, 2.45) is 11.8 Å². The summed E-state index contributed by atoms with van der Waals surface area (Å²) in [5.74, 6) is 1.63. The fraction of sp³-hybridized carbons (Fsp3) is 0.800. The van der Waals surface area contributed by atoms with Gasteiger partial charge in [-0.15, -0.1) is 0 Å². The Morgan fingerprint density at radius 1 is 1.36 bits per heavy atom. The predicted molar refractivity (Wildman–Crippen MR) is 47.3 cm³/mol. The molecule has 0 radical (unpaired) electrons. The van der Waals surface area contributed by atoms with Crippen molar-refractivity contribution in [2.75, 3.05) is 6.61 Å². The molecule has 1 fully saturated rings. The molecular weight excluding hydrogens is 136 g/mol. The summed E-state index contributed by atoms with van der Waals surface area (Å²) in [5, 5.41) is 8.71. The largest absolute Gasteiger partial charge is 0.392 e. The van der Waals surface area contributed by atoms with Gasteiger partial charge in [-0.05, 0) is 31.1 Å². The van der Waals surface area contributed by atoms with Gasteiger partial charge in [0.1, 0.15) is 0 Å². The van der Waals surface area contributed by atoms with Gasteiger partial charge in [-0.3, -0.25) is 0 Å². The minimum Gasteiger partial charge on any atom is -0.392 e. The van der Waals surface area contributed by atoms with Crippen LogP contribution in [-0.2, 0) is 0 Å². The first kappa shape index (κ1) is 8.79. The fourth-order valence-electron chi connectivity index (χ4n) is 2.13. The molecule has 11 heavy (non-hydrogen) atoms. The zero-order valence-electron chi connectivity index (χ0n) is 7.51. The van der Waals surface area contributed by atoms with E-state index in [0.717, 1.165) is 11.8 Å². The lowest BCUT2D eigenvalue weighted by Crippen LogP contribution is -2.12. The van der Waals surface area contributed by atoms with E-state index in [2.05, 4.69) is 13.8 Å². The average molecular weight is 154 g/mol. The summed E-state index contributed by atoms with van der Waals surface area (Å²) < 4.78 is 0. The third-order valence-corrected chi connectivity index (χ3v) is 2.41. The molecule has 64 valence electrons. The molecule has 0 unspecified atom stereocenters. The first-order valence-corrected chi connectivity index (χ1v) is 4.51. The zero-order chi connectivity index (χ0) is 8.27. The van der Waals surface area contributed by atoms with Gasteiger partial charge in [-0.25, -0.2) is 0 Å². The zero-order valence-corrected chi connectivity index (χ0v) is 7.51. The highest BCUT2D eigenvalue weighted by Crippen LogP contribution is 2.31. The standard InChI is InChI=1S/C10H18O/c1-8-5-9(2)7-10(6-8)3-4-11/h3,8-9,11H,4-7H2,1-2H3/t8-,9-/m0/s1. The van der Waals surface area contributed by atoms with Crippen molar-refractivity contribution < 1.29 is 5.11 Å². The maximum atomic E-state index is 8.71. The molecule has 1 aliphatic carbocycles. The minimum atomic E-state index is 0.217. The van der Waals surface area contributed by atoms with Gasteiger partial charge in [-0.1, -0.05) is 25.5 Å². The fourth-order valence-corrected chi connectivity index (χ4v) is 2.13. The molecule has 0 bridgehead atoms. The predicted octanol–water partition coefficient (Wildman–Crippen LogP) is 2.36. The van der Waals surface area contributed by atoms with E-state index in [-0.39, 0.29) is 6.61 Å². The highest BCUT2D eigenvalue weighted by atomic mass is 16.2. The number of rotatable bonds is 1. The van der Waals surface area contributed by atoms with Crippen molar-refractivity contribution >= 4 is 0 Å². The summed E-state index contributed by atoms with van der Waals surface area (Å²) >= 11 is 0. The van der Waals surface area contributed by atoms with Crippen molar-refractivity contribution in [2.45, 2.75) is 33.1 Å². The lowest BCUT2D eigenvalue weighted by atomic mass is 9.80. The monoisotopic (exact) mass is 154 g/mol. The maximum absolute atomic E-state index is 8.71. The Bertz CT molecular complexity index is 137. The maximum Gasteiger partial charge on any atom is 0.0615 e. The molecule has 1 rings (SSSR count). The van der Waals surface area contributed by atoms with Crippen molar-refractivity contribution in [3.8, 4) is 0 Å². The number of hydrogen-bond donors (Lipinski definition) is 1. The summed E-state index contributed by atoms with van der Waals surface area (Å²) in [4.78, 5) is 0. The molecule has 1 N–H and O–H groups in total. The third-order valence-electron chi connectivity index (χ3n) is 2.41. The lowest BCUT2D eigenvalue weighted by Gasteiger charge is -2.26. The molecule has 0 aromatic heterocycles. The Morgan fingerprint density at radius 2 is 1.91 bits per heavy atom. The van der Waals surface area contributed by atoms with Crippen LogP contribution in [-0.4, -0.2) is 11.7 Å².